The molecule has 20 heavy (non-hydrogen) atoms. The van der Waals surface area contributed by atoms with E-state index in [1.807, 2.05) is 12.1 Å². The molecule has 0 aromatic heterocycles. The lowest BCUT2D eigenvalue weighted by molar-refractivity contribution is 0.211. The Morgan fingerprint density at radius 3 is 2.40 bits per heavy atom. The van der Waals surface area contributed by atoms with Crippen LogP contribution < -0.4 is 10.5 Å². The molecule has 1 aromatic carbocycles. The number of benzene rings is 1. The average molecular weight is 275 g/mol. The standard InChI is InChI=1S/C17H25NO2/c1-3-5-6-7-8-9-14(4-2)15-10-12-16(13-11-15)20-17(18)19/h9-13H,3-8H2,1-2H3,(H2,18,19). The number of carbonyl (C=O) groups excluding carboxylic acids is 1. The van der Waals surface area contributed by atoms with Gasteiger partial charge < -0.3 is 10.5 Å². The summed E-state index contributed by atoms with van der Waals surface area (Å²) in [7, 11) is 0. The summed E-state index contributed by atoms with van der Waals surface area (Å²) in [6, 6.07) is 7.50. The normalized spacial score (nSPS) is 11.4. The lowest BCUT2D eigenvalue weighted by Crippen LogP contribution is -2.16. The third kappa shape index (κ3) is 5.91. The van der Waals surface area contributed by atoms with E-state index in [0.717, 1.165) is 12.8 Å². The maximum Gasteiger partial charge on any atom is 0.409 e. The van der Waals surface area contributed by atoms with Crippen LogP contribution in [0.3, 0.4) is 0 Å². The molecule has 0 aliphatic rings. The van der Waals surface area contributed by atoms with E-state index in [1.54, 1.807) is 12.1 Å². The molecule has 1 amide bonds. The van der Waals surface area contributed by atoms with Gasteiger partial charge in [0.1, 0.15) is 5.75 Å². The van der Waals surface area contributed by atoms with Crippen LogP contribution >= 0.6 is 0 Å². The quantitative estimate of drug-likeness (QED) is 0.685. The van der Waals surface area contributed by atoms with Gasteiger partial charge in [-0.15, -0.1) is 0 Å². The number of unbranched alkanes of at least 4 members (excludes halogenated alkanes) is 4. The van der Waals surface area contributed by atoms with Crippen LogP contribution in [-0.4, -0.2) is 6.09 Å². The fourth-order valence-electron chi connectivity index (χ4n) is 2.17. The van der Waals surface area contributed by atoms with Gasteiger partial charge in [0.05, 0.1) is 0 Å². The highest BCUT2D eigenvalue weighted by atomic mass is 16.5. The van der Waals surface area contributed by atoms with E-state index in [9.17, 15) is 4.79 Å². The highest BCUT2D eigenvalue weighted by Crippen LogP contribution is 2.22. The van der Waals surface area contributed by atoms with Gasteiger partial charge in [0.2, 0.25) is 0 Å². The largest absolute Gasteiger partial charge is 0.411 e. The smallest absolute Gasteiger partial charge is 0.409 e. The zero-order valence-electron chi connectivity index (χ0n) is 12.5. The van der Waals surface area contributed by atoms with Gasteiger partial charge in [-0.25, -0.2) is 4.79 Å². The maximum atomic E-state index is 10.7. The summed E-state index contributed by atoms with van der Waals surface area (Å²) in [5, 5.41) is 0. The first kappa shape index (κ1) is 16.3. The Morgan fingerprint density at radius 2 is 1.85 bits per heavy atom. The Bertz CT molecular complexity index is 435. The lowest BCUT2D eigenvalue weighted by atomic mass is 10.0. The molecule has 0 bridgehead atoms. The van der Waals surface area contributed by atoms with E-state index < -0.39 is 6.09 Å². The number of hydrogen-bond donors (Lipinski definition) is 1. The molecule has 3 nitrogen and oxygen atoms in total. The van der Waals surface area contributed by atoms with Crippen molar-refractivity contribution in [2.45, 2.75) is 52.4 Å². The van der Waals surface area contributed by atoms with Crippen LogP contribution in [0.1, 0.15) is 57.9 Å². The molecule has 0 saturated carbocycles. The van der Waals surface area contributed by atoms with Gasteiger partial charge in [-0.2, -0.15) is 0 Å². The topological polar surface area (TPSA) is 52.3 Å². The van der Waals surface area contributed by atoms with E-state index >= 15 is 0 Å². The molecule has 0 radical (unpaired) electrons. The molecular weight excluding hydrogens is 250 g/mol. The van der Waals surface area contributed by atoms with Crippen LogP contribution in [0.2, 0.25) is 0 Å². The number of carbonyl (C=O) groups is 1. The van der Waals surface area contributed by atoms with Gasteiger partial charge in [0.25, 0.3) is 0 Å². The fraction of sp³-hybridized carbons (Fsp3) is 0.471. The third-order valence-electron chi connectivity index (χ3n) is 3.27. The van der Waals surface area contributed by atoms with Crippen molar-refractivity contribution < 1.29 is 9.53 Å². The third-order valence-corrected chi connectivity index (χ3v) is 3.27. The van der Waals surface area contributed by atoms with Crippen LogP contribution in [0.5, 0.6) is 5.75 Å². The predicted octanol–water partition coefficient (Wildman–Crippen LogP) is 4.91. The summed E-state index contributed by atoms with van der Waals surface area (Å²) in [5.74, 6) is 0.486. The van der Waals surface area contributed by atoms with Crippen molar-refractivity contribution in [1.82, 2.24) is 0 Å². The number of amides is 1. The van der Waals surface area contributed by atoms with Gasteiger partial charge >= 0.3 is 6.09 Å². The van der Waals surface area contributed by atoms with Gasteiger partial charge in [0.15, 0.2) is 0 Å². The van der Waals surface area contributed by atoms with E-state index in [4.69, 9.17) is 10.5 Å². The summed E-state index contributed by atoms with van der Waals surface area (Å²) in [4.78, 5) is 10.7. The molecule has 2 N–H and O–H groups in total. The molecule has 0 heterocycles. The van der Waals surface area contributed by atoms with Gasteiger partial charge in [-0.1, -0.05) is 51.3 Å². The number of rotatable bonds is 8. The highest BCUT2D eigenvalue weighted by molar-refractivity contribution is 5.69. The Balaban J connectivity index is 2.60. The SMILES string of the molecule is CCCCCCC=C(CC)c1ccc(OC(N)=O)cc1. The Labute approximate surface area is 121 Å². The number of primary amides is 1. The van der Waals surface area contributed by atoms with Gasteiger partial charge in [0, 0.05) is 0 Å². The van der Waals surface area contributed by atoms with E-state index in [2.05, 4.69) is 19.9 Å². The molecule has 0 unspecified atom stereocenters. The zero-order valence-corrected chi connectivity index (χ0v) is 12.5. The van der Waals surface area contributed by atoms with Crippen molar-refractivity contribution in [2.24, 2.45) is 5.73 Å². The molecule has 0 aliphatic heterocycles. The molecule has 0 spiro atoms. The first-order valence-corrected chi connectivity index (χ1v) is 7.44. The lowest BCUT2D eigenvalue weighted by Gasteiger charge is -2.07. The summed E-state index contributed by atoms with van der Waals surface area (Å²) in [6.07, 6.45) is 8.81. The van der Waals surface area contributed by atoms with Crippen molar-refractivity contribution in [3.05, 3.63) is 35.9 Å². The number of hydrogen-bond acceptors (Lipinski definition) is 2. The average Bonchev–Trinajstić information content (AvgIpc) is 2.43. The van der Waals surface area contributed by atoms with Crippen LogP contribution in [0.25, 0.3) is 5.57 Å². The fourth-order valence-corrected chi connectivity index (χ4v) is 2.17. The van der Waals surface area contributed by atoms with Crippen molar-refractivity contribution >= 4 is 11.7 Å². The molecule has 0 aliphatic carbocycles. The van der Waals surface area contributed by atoms with Crippen LogP contribution in [0.4, 0.5) is 4.79 Å². The monoisotopic (exact) mass is 275 g/mol. The Kier molecular flexibility index (Phi) is 7.48. The minimum atomic E-state index is -0.778. The van der Waals surface area contributed by atoms with E-state index in [0.29, 0.717) is 5.75 Å². The first-order chi connectivity index (χ1) is 9.67. The van der Waals surface area contributed by atoms with E-state index in [1.165, 1.54) is 36.8 Å². The molecule has 1 rings (SSSR count). The molecule has 110 valence electrons. The molecule has 3 heteroatoms. The number of nitrogens with two attached hydrogens (primary N) is 1. The summed E-state index contributed by atoms with van der Waals surface area (Å²) in [6.45, 7) is 4.38. The van der Waals surface area contributed by atoms with E-state index in [-0.39, 0.29) is 0 Å². The van der Waals surface area contributed by atoms with Crippen LogP contribution in [-0.2, 0) is 0 Å². The van der Waals surface area contributed by atoms with Gasteiger partial charge in [-0.3, -0.25) is 0 Å². The van der Waals surface area contributed by atoms with Crippen molar-refractivity contribution in [3.8, 4) is 5.75 Å². The molecule has 0 fully saturated rings. The number of ether oxygens (including phenoxy) is 1. The molecule has 0 atom stereocenters. The zero-order chi connectivity index (χ0) is 14.8. The highest BCUT2D eigenvalue weighted by Gasteiger charge is 2.02. The van der Waals surface area contributed by atoms with Crippen molar-refractivity contribution in [1.29, 1.82) is 0 Å². The Morgan fingerprint density at radius 1 is 1.15 bits per heavy atom. The first-order valence-electron chi connectivity index (χ1n) is 7.44. The Hall–Kier alpha value is -1.77. The molecule has 1 aromatic rings. The molecule has 0 saturated heterocycles. The second-order valence-corrected chi connectivity index (χ2v) is 4.88. The van der Waals surface area contributed by atoms with Crippen LogP contribution in [0.15, 0.2) is 30.3 Å². The predicted molar refractivity (Wildman–Crippen MR) is 83.7 cm³/mol. The minimum Gasteiger partial charge on any atom is -0.411 e. The van der Waals surface area contributed by atoms with Crippen molar-refractivity contribution in [2.75, 3.05) is 0 Å². The summed E-state index contributed by atoms with van der Waals surface area (Å²) < 4.78 is 4.83. The summed E-state index contributed by atoms with van der Waals surface area (Å²) >= 11 is 0. The second kappa shape index (κ2) is 9.18. The number of allylic oxidation sites excluding steroid dienone is 2. The second-order valence-electron chi connectivity index (χ2n) is 4.88. The van der Waals surface area contributed by atoms with Crippen molar-refractivity contribution in [3.63, 3.8) is 0 Å². The maximum absolute atomic E-state index is 10.7. The van der Waals surface area contributed by atoms with Gasteiger partial charge in [-0.05, 0) is 42.5 Å². The molecular formula is C17H25NO2. The summed E-state index contributed by atoms with van der Waals surface area (Å²) in [5.41, 5.74) is 7.50. The van der Waals surface area contributed by atoms with Crippen LogP contribution in [0, 0.1) is 0 Å². The minimum absolute atomic E-state index is 0.486.